The van der Waals surface area contributed by atoms with Gasteiger partial charge in [0.2, 0.25) is 0 Å². The molecule has 1 saturated heterocycles. The topological polar surface area (TPSA) is 98.6 Å². The van der Waals surface area contributed by atoms with Crippen molar-refractivity contribution in [1.29, 1.82) is 0 Å². The van der Waals surface area contributed by atoms with E-state index in [1.165, 1.54) is 17.0 Å². The summed E-state index contributed by atoms with van der Waals surface area (Å²) in [4.78, 5) is 26.9. The average molecular weight is 464 g/mol. The van der Waals surface area contributed by atoms with Crippen LogP contribution in [0.25, 0.3) is 5.69 Å². The fourth-order valence-corrected chi connectivity index (χ4v) is 6.23. The Morgan fingerprint density at radius 3 is 2.59 bits per heavy atom. The molecule has 1 aliphatic heterocycles. The number of sulfone groups is 1. The molecule has 0 spiro atoms. The van der Waals surface area contributed by atoms with Gasteiger partial charge in [-0.15, -0.1) is 0 Å². The third-order valence-electron chi connectivity index (χ3n) is 6.08. The monoisotopic (exact) mass is 463 g/mol. The van der Waals surface area contributed by atoms with E-state index < -0.39 is 28.3 Å². The molecule has 4 rings (SSSR count). The van der Waals surface area contributed by atoms with E-state index in [0.29, 0.717) is 25.1 Å². The summed E-state index contributed by atoms with van der Waals surface area (Å²) in [5.41, 5.74) is 2.52. The van der Waals surface area contributed by atoms with E-state index in [1.54, 1.807) is 23.7 Å². The Balaban J connectivity index is 1.50. The fourth-order valence-electron chi connectivity index (χ4n) is 4.50. The summed E-state index contributed by atoms with van der Waals surface area (Å²) in [5.74, 6) is -1.46. The Hall–Kier alpha value is -2.75. The maximum atomic E-state index is 13.3. The van der Waals surface area contributed by atoms with Crippen LogP contribution in [0.4, 0.5) is 4.39 Å². The van der Waals surface area contributed by atoms with Crippen molar-refractivity contribution in [1.82, 2.24) is 14.7 Å². The van der Waals surface area contributed by atoms with Gasteiger partial charge >= 0.3 is 5.97 Å². The van der Waals surface area contributed by atoms with Crippen LogP contribution in [-0.4, -0.2) is 65.7 Å². The number of amides is 1. The van der Waals surface area contributed by atoms with Crippen LogP contribution in [0.15, 0.2) is 24.3 Å². The lowest BCUT2D eigenvalue weighted by atomic mass is 9.95. The zero-order chi connectivity index (χ0) is 22.9. The predicted molar refractivity (Wildman–Crippen MR) is 115 cm³/mol. The first-order valence-electron chi connectivity index (χ1n) is 10.8. The van der Waals surface area contributed by atoms with Crippen molar-refractivity contribution in [3.63, 3.8) is 0 Å². The lowest BCUT2D eigenvalue weighted by Crippen LogP contribution is -2.43. The molecule has 2 heterocycles. The van der Waals surface area contributed by atoms with Gasteiger partial charge in [-0.1, -0.05) is 0 Å². The molecule has 1 aromatic heterocycles. The Morgan fingerprint density at radius 1 is 1.22 bits per heavy atom. The summed E-state index contributed by atoms with van der Waals surface area (Å²) in [6.45, 7) is 1.64. The van der Waals surface area contributed by atoms with Crippen molar-refractivity contribution in [2.75, 3.05) is 24.7 Å². The molecule has 1 aromatic carbocycles. The maximum Gasteiger partial charge on any atom is 0.359 e. The molecule has 1 aliphatic carbocycles. The smallest absolute Gasteiger partial charge is 0.359 e. The van der Waals surface area contributed by atoms with E-state index in [9.17, 15) is 22.4 Å². The molecule has 172 valence electrons. The Kier molecular flexibility index (Phi) is 6.32. The molecule has 2 aliphatic rings. The molecule has 1 unspecified atom stereocenters. The number of rotatable bonds is 6. The van der Waals surface area contributed by atoms with Gasteiger partial charge in [0.15, 0.2) is 22.1 Å². The predicted octanol–water partition coefficient (Wildman–Crippen LogP) is 2.08. The number of esters is 1. The Bertz CT molecular complexity index is 1130. The summed E-state index contributed by atoms with van der Waals surface area (Å²) in [5, 5.41) is 4.45. The second-order valence-corrected chi connectivity index (χ2v) is 10.4. The number of nitrogens with zero attached hydrogens (tertiary/aromatic N) is 3. The number of ether oxygens (including phenoxy) is 1. The molecule has 32 heavy (non-hydrogen) atoms. The van der Waals surface area contributed by atoms with Crippen molar-refractivity contribution in [3.05, 3.63) is 47.0 Å². The maximum absolute atomic E-state index is 13.3. The molecular formula is C22H26FN3O5S. The molecule has 0 saturated carbocycles. The van der Waals surface area contributed by atoms with Gasteiger partial charge in [0.05, 0.1) is 17.2 Å². The number of benzene rings is 1. The summed E-state index contributed by atoms with van der Waals surface area (Å²) in [6.07, 6.45) is 3.69. The Morgan fingerprint density at radius 2 is 1.94 bits per heavy atom. The zero-order valence-electron chi connectivity index (χ0n) is 17.9. The molecule has 0 N–H and O–H groups in total. The van der Waals surface area contributed by atoms with E-state index in [-0.39, 0.29) is 29.1 Å². The second kappa shape index (κ2) is 9.01. The van der Waals surface area contributed by atoms with Gasteiger partial charge in [-0.3, -0.25) is 4.79 Å². The molecule has 0 bridgehead atoms. The second-order valence-electron chi connectivity index (χ2n) is 8.18. The van der Waals surface area contributed by atoms with E-state index in [0.717, 1.165) is 30.5 Å². The number of likely N-dealkylation sites (N-methyl/N-ethyl adjacent to an activating group) is 1. The van der Waals surface area contributed by atoms with Crippen LogP contribution in [0.3, 0.4) is 0 Å². The van der Waals surface area contributed by atoms with Crippen molar-refractivity contribution < 1.29 is 27.1 Å². The number of hydrogen-bond acceptors (Lipinski definition) is 6. The molecule has 1 atom stereocenters. The van der Waals surface area contributed by atoms with Crippen LogP contribution < -0.4 is 0 Å². The van der Waals surface area contributed by atoms with Crippen molar-refractivity contribution in [3.8, 4) is 5.69 Å². The quantitative estimate of drug-likeness (QED) is 0.609. The van der Waals surface area contributed by atoms with Crippen LogP contribution in [0.2, 0.25) is 0 Å². The van der Waals surface area contributed by atoms with Crippen LogP contribution in [0.1, 0.15) is 47.9 Å². The summed E-state index contributed by atoms with van der Waals surface area (Å²) >= 11 is 0. The van der Waals surface area contributed by atoms with Gasteiger partial charge in [-0.2, -0.15) is 5.10 Å². The van der Waals surface area contributed by atoms with Crippen LogP contribution in [-0.2, 0) is 32.2 Å². The van der Waals surface area contributed by atoms with Crippen LogP contribution in [0, 0.1) is 5.82 Å². The molecule has 8 nitrogen and oxygen atoms in total. The molecule has 0 radical (unpaired) electrons. The highest BCUT2D eigenvalue weighted by Crippen LogP contribution is 2.27. The average Bonchev–Trinajstić information content (AvgIpc) is 3.33. The normalized spacial score (nSPS) is 19.4. The molecular weight excluding hydrogens is 437 g/mol. The van der Waals surface area contributed by atoms with E-state index in [1.807, 2.05) is 0 Å². The molecule has 10 heteroatoms. The standard InChI is InChI=1S/C22H26FN3O5S/c1-2-25(17-11-12-32(29,30)14-17)20(27)13-31-22(28)21-18-5-3-4-6-19(18)26(24-21)16-9-7-15(23)8-10-16/h7-10,17H,2-6,11-14H2,1H3. The van der Waals surface area contributed by atoms with Gasteiger partial charge in [0.1, 0.15) is 5.82 Å². The minimum absolute atomic E-state index is 0.0594. The summed E-state index contributed by atoms with van der Waals surface area (Å²) in [6, 6.07) is 5.49. The van der Waals surface area contributed by atoms with Crippen molar-refractivity contribution >= 4 is 21.7 Å². The number of halogens is 1. The first kappa shape index (κ1) is 22.4. The largest absolute Gasteiger partial charge is 0.451 e. The molecule has 2 aromatic rings. The number of carbonyl (C=O) groups excluding carboxylic acids is 2. The third kappa shape index (κ3) is 4.55. The number of hydrogen-bond donors (Lipinski definition) is 0. The van der Waals surface area contributed by atoms with Crippen molar-refractivity contribution in [2.45, 2.75) is 45.1 Å². The van der Waals surface area contributed by atoms with Gasteiger partial charge in [0.25, 0.3) is 5.91 Å². The lowest BCUT2D eigenvalue weighted by molar-refractivity contribution is -0.136. The highest BCUT2D eigenvalue weighted by atomic mass is 32.2. The minimum atomic E-state index is -3.13. The Labute approximate surface area is 186 Å². The highest BCUT2D eigenvalue weighted by Gasteiger charge is 2.34. The number of fused-ring (bicyclic) bond motifs is 1. The van der Waals surface area contributed by atoms with Gasteiger partial charge in [-0.25, -0.2) is 22.3 Å². The fraction of sp³-hybridized carbons (Fsp3) is 0.500. The summed E-state index contributed by atoms with van der Waals surface area (Å²) in [7, 11) is -3.13. The number of carbonyl (C=O) groups is 2. The highest BCUT2D eigenvalue weighted by molar-refractivity contribution is 7.91. The summed E-state index contributed by atoms with van der Waals surface area (Å²) < 4.78 is 43.8. The first-order chi connectivity index (χ1) is 15.3. The van der Waals surface area contributed by atoms with E-state index in [2.05, 4.69) is 5.10 Å². The molecule has 1 fully saturated rings. The van der Waals surface area contributed by atoms with Gasteiger partial charge in [0, 0.05) is 23.8 Å². The first-order valence-corrected chi connectivity index (χ1v) is 12.6. The van der Waals surface area contributed by atoms with Crippen molar-refractivity contribution in [2.24, 2.45) is 0 Å². The van der Waals surface area contributed by atoms with E-state index in [4.69, 9.17) is 4.74 Å². The van der Waals surface area contributed by atoms with E-state index >= 15 is 0 Å². The number of aromatic nitrogens is 2. The zero-order valence-corrected chi connectivity index (χ0v) is 18.7. The van der Waals surface area contributed by atoms with Gasteiger partial charge in [-0.05, 0) is 63.3 Å². The lowest BCUT2D eigenvalue weighted by Gasteiger charge is -2.26. The van der Waals surface area contributed by atoms with Crippen LogP contribution in [0.5, 0.6) is 0 Å². The van der Waals surface area contributed by atoms with Gasteiger partial charge < -0.3 is 9.64 Å². The third-order valence-corrected chi connectivity index (χ3v) is 7.83. The minimum Gasteiger partial charge on any atom is -0.451 e. The molecule has 1 amide bonds. The SMILES string of the molecule is CCN(C(=O)COC(=O)c1nn(-c2ccc(F)cc2)c2c1CCCC2)C1CCS(=O)(=O)C1. The van der Waals surface area contributed by atoms with Crippen LogP contribution >= 0.6 is 0 Å².